The van der Waals surface area contributed by atoms with E-state index in [4.69, 9.17) is 0 Å². The van der Waals surface area contributed by atoms with Crippen LogP contribution in [-0.4, -0.2) is 29.6 Å². The van der Waals surface area contributed by atoms with E-state index in [1.165, 1.54) is 11.8 Å². The summed E-state index contributed by atoms with van der Waals surface area (Å²) in [5.41, 5.74) is 2.11. The summed E-state index contributed by atoms with van der Waals surface area (Å²) in [5.74, 6) is 0.538. The first kappa shape index (κ1) is 15.7. The first-order chi connectivity index (χ1) is 10.8. The van der Waals surface area contributed by atoms with Crippen LogP contribution < -0.4 is 5.56 Å². The molecular formula is C15H18N6OS. The van der Waals surface area contributed by atoms with E-state index in [-0.39, 0.29) is 11.1 Å². The molecule has 0 amide bonds. The molecule has 0 atom stereocenters. The summed E-state index contributed by atoms with van der Waals surface area (Å²) in [7, 11) is 0. The molecule has 0 aliphatic rings. The molecule has 0 aliphatic carbocycles. The number of fused-ring (bicyclic) bond motifs is 1. The van der Waals surface area contributed by atoms with Gasteiger partial charge in [0.2, 0.25) is 5.16 Å². The maximum absolute atomic E-state index is 12.2. The number of rotatable bonds is 3. The van der Waals surface area contributed by atoms with Crippen molar-refractivity contribution in [2.24, 2.45) is 0 Å². The zero-order chi connectivity index (χ0) is 16.6. The van der Waals surface area contributed by atoms with Crippen LogP contribution in [0.3, 0.4) is 0 Å². The highest BCUT2D eigenvalue weighted by molar-refractivity contribution is 7.98. The Bertz CT molecular complexity index is 908. The summed E-state index contributed by atoms with van der Waals surface area (Å²) in [5, 5.41) is 12.5. The van der Waals surface area contributed by atoms with Crippen LogP contribution in [0.25, 0.3) is 5.65 Å². The Morgan fingerprint density at radius 1 is 1.26 bits per heavy atom. The summed E-state index contributed by atoms with van der Waals surface area (Å²) in [6, 6.07) is 5.35. The molecule has 0 saturated carbocycles. The van der Waals surface area contributed by atoms with Crippen molar-refractivity contribution in [2.75, 3.05) is 0 Å². The summed E-state index contributed by atoms with van der Waals surface area (Å²) in [6.07, 6.45) is 1.79. The van der Waals surface area contributed by atoms with E-state index < -0.39 is 0 Å². The van der Waals surface area contributed by atoms with E-state index in [2.05, 4.69) is 20.5 Å². The molecule has 120 valence electrons. The zero-order valence-electron chi connectivity index (χ0n) is 13.5. The Morgan fingerprint density at radius 2 is 2.04 bits per heavy atom. The SMILES string of the molecule is Cc1ccc2nc(CSc3nnnn3C(C)(C)C)cc(=O)n2c1. The third-order valence-electron chi connectivity index (χ3n) is 3.29. The van der Waals surface area contributed by atoms with Gasteiger partial charge in [-0.3, -0.25) is 9.20 Å². The lowest BCUT2D eigenvalue weighted by Crippen LogP contribution is -2.24. The number of aryl methyl sites for hydroxylation is 1. The first-order valence-corrected chi connectivity index (χ1v) is 8.24. The normalized spacial score (nSPS) is 12.0. The molecular weight excluding hydrogens is 312 g/mol. The van der Waals surface area contributed by atoms with Crippen LogP contribution >= 0.6 is 11.8 Å². The molecule has 0 saturated heterocycles. The largest absolute Gasteiger partial charge is 0.269 e. The smallest absolute Gasteiger partial charge is 0.258 e. The van der Waals surface area contributed by atoms with E-state index >= 15 is 0 Å². The lowest BCUT2D eigenvalue weighted by molar-refractivity contribution is 0.321. The van der Waals surface area contributed by atoms with Crippen LogP contribution in [-0.2, 0) is 11.3 Å². The van der Waals surface area contributed by atoms with Gasteiger partial charge in [0.15, 0.2) is 0 Å². The summed E-state index contributed by atoms with van der Waals surface area (Å²) in [6.45, 7) is 8.06. The maximum atomic E-state index is 12.2. The fraction of sp³-hybridized carbons (Fsp3) is 0.400. The number of tetrazole rings is 1. The van der Waals surface area contributed by atoms with Gasteiger partial charge in [0.1, 0.15) is 5.65 Å². The van der Waals surface area contributed by atoms with Crippen molar-refractivity contribution < 1.29 is 0 Å². The van der Waals surface area contributed by atoms with Crippen molar-refractivity contribution in [3.8, 4) is 0 Å². The quantitative estimate of drug-likeness (QED) is 0.684. The van der Waals surface area contributed by atoms with Gasteiger partial charge in [-0.25, -0.2) is 9.67 Å². The van der Waals surface area contributed by atoms with Crippen molar-refractivity contribution in [1.82, 2.24) is 29.6 Å². The lowest BCUT2D eigenvalue weighted by atomic mass is 10.1. The molecule has 0 aromatic carbocycles. The molecule has 3 aromatic heterocycles. The molecule has 0 radical (unpaired) electrons. The molecule has 0 aliphatic heterocycles. The minimum Gasteiger partial charge on any atom is -0.269 e. The van der Waals surface area contributed by atoms with E-state index in [0.717, 1.165) is 5.56 Å². The minimum atomic E-state index is -0.195. The molecule has 8 heteroatoms. The Morgan fingerprint density at radius 3 is 2.78 bits per heavy atom. The monoisotopic (exact) mass is 330 g/mol. The van der Waals surface area contributed by atoms with Crippen molar-refractivity contribution in [3.63, 3.8) is 0 Å². The summed E-state index contributed by atoms with van der Waals surface area (Å²) in [4.78, 5) is 16.7. The number of hydrogen-bond donors (Lipinski definition) is 0. The van der Waals surface area contributed by atoms with Gasteiger partial charge in [0.25, 0.3) is 5.56 Å². The van der Waals surface area contributed by atoms with Crippen LogP contribution in [0.1, 0.15) is 32.0 Å². The van der Waals surface area contributed by atoms with E-state index in [1.54, 1.807) is 21.3 Å². The van der Waals surface area contributed by atoms with E-state index in [1.807, 2.05) is 39.8 Å². The molecule has 3 heterocycles. The molecule has 0 unspecified atom stereocenters. The van der Waals surface area contributed by atoms with E-state index in [0.29, 0.717) is 22.3 Å². The molecule has 3 rings (SSSR count). The molecule has 7 nitrogen and oxygen atoms in total. The third kappa shape index (κ3) is 3.26. The lowest BCUT2D eigenvalue weighted by Gasteiger charge is -2.19. The van der Waals surface area contributed by atoms with Gasteiger partial charge in [-0.1, -0.05) is 17.8 Å². The standard InChI is InChI=1S/C15H18N6OS/c1-10-5-6-12-16-11(7-13(22)20(12)8-10)9-23-14-17-18-19-21(14)15(2,3)4/h5-8H,9H2,1-4H3. The fourth-order valence-electron chi connectivity index (χ4n) is 2.16. The second-order valence-electron chi connectivity index (χ2n) is 6.35. The Balaban J connectivity index is 1.87. The van der Waals surface area contributed by atoms with Gasteiger partial charge < -0.3 is 0 Å². The van der Waals surface area contributed by atoms with Gasteiger partial charge in [-0.05, 0) is 49.8 Å². The molecule has 23 heavy (non-hydrogen) atoms. The summed E-state index contributed by atoms with van der Waals surface area (Å²) >= 11 is 1.47. The van der Waals surface area contributed by atoms with Crippen LogP contribution in [0.4, 0.5) is 0 Å². The van der Waals surface area contributed by atoms with Crippen LogP contribution in [0.5, 0.6) is 0 Å². The predicted molar refractivity (Wildman–Crippen MR) is 88.6 cm³/mol. The summed E-state index contributed by atoms with van der Waals surface area (Å²) < 4.78 is 3.33. The van der Waals surface area contributed by atoms with Crippen molar-refractivity contribution in [3.05, 3.63) is 46.0 Å². The second kappa shape index (κ2) is 5.77. The topological polar surface area (TPSA) is 78.0 Å². The highest BCUT2D eigenvalue weighted by Gasteiger charge is 2.20. The average molecular weight is 330 g/mol. The zero-order valence-corrected chi connectivity index (χ0v) is 14.3. The fourth-order valence-corrected chi connectivity index (χ4v) is 3.11. The first-order valence-electron chi connectivity index (χ1n) is 7.25. The number of thioether (sulfide) groups is 1. The molecule has 0 bridgehead atoms. The maximum Gasteiger partial charge on any atom is 0.258 e. The Kier molecular flexibility index (Phi) is 3.93. The van der Waals surface area contributed by atoms with Crippen molar-refractivity contribution >= 4 is 17.4 Å². The Hall–Kier alpha value is -2.22. The molecule has 0 fully saturated rings. The highest BCUT2D eigenvalue weighted by atomic mass is 32.2. The molecule has 0 spiro atoms. The highest BCUT2D eigenvalue weighted by Crippen LogP contribution is 2.23. The van der Waals surface area contributed by atoms with Crippen LogP contribution in [0, 0.1) is 6.92 Å². The molecule has 0 N–H and O–H groups in total. The number of nitrogens with zero attached hydrogens (tertiary/aromatic N) is 6. The molecule has 3 aromatic rings. The predicted octanol–water partition coefficient (Wildman–Crippen LogP) is 2.04. The third-order valence-corrected chi connectivity index (χ3v) is 4.24. The van der Waals surface area contributed by atoms with Gasteiger partial charge in [0, 0.05) is 18.0 Å². The van der Waals surface area contributed by atoms with Crippen molar-refractivity contribution in [2.45, 2.75) is 44.1 Å². The van der Waals surface area contributed by atoms with E-state index in [9.17, 15) is 4.79 Å². The Labute approximate surface area is 137 Å². The minimum absolute atomic E-state index is 0.0790. The number of hydrogen-bond acceptors (Lipinski definition) is 6. The average Bonchev–Trinajstić information content (AvgIpc) is 2.94. The van der Waals surface area contributed by atoms with Crippen molar-refractivity contribution in [1.29, 1.82) is 0 Å². The van der Waals surface area contributed by atoms with Crippen LogP contribution in [0.15, 0.2) is 34.3 Å². The van der Waals surface area contributed by atoms with Gasteiger partial charge in [-0.15, -0.1) is 5.10 Å². The number of pyridine rings is 1. The second-order valence-corrected chi connectivity index (χ2v) is 7.30. The van der Waals surface area contributed by atoms with Crippen LogP contribution in [0.2, 0.25) is 0 Å². The number of aromatic nitrogens is 6. The van der Waals surface area contributed by atoms with Gasteiger partial charge in [0.05, 0.1) is 11.2 Å². The van der Waals surface area contributed by atoms with Gasteiger partial charge in [-0.2, -0.15) is 0 Å². The van der Waals surface area contributed by atoms with Gasteiger partial charge >= 0.3 is 0 Å².